The van der Waals surface area contributed by atoms with Crippen molar-refractivity contribution in [1.82, 2.24) is 9.47 Å². The minimum absolute atomic E-state index is 0.0217. The number of anilines is 1. The number of hydrogen-bond donors (Lipinski definition) is 1. The number of benzene rings is 2. The van der Waals surface area contributed by atoms with Crippen LogP contribution >= 0.6 is 11.6 Å². The fourth-order valence-corrected chi connectivity index (χ4v) is 4.50. The fraction of sp³-hybridized carbons (Fsp3) is 0.320. The van der Waals surface area contributed by atoms with Gasteiger partial charge in [-0.2, -0.15) is 0 Å². The second-order valence-corrected chi connectivity index (χ2v) is 8.67. The topological polar surface area (TPSA) is 37.3 Å². The van der Waals surface area contributed by atoms with Gasteiger partial charge in [0, 0.05) is 35.6 Å². The van der Waals surface area contributed by atoms with Crippen LogP contribution in [0.4, 0.5) is 19.3 Å². The highest BCUT2D eigenvalue weighted by Crippen LogP contribution is 2.26. The third kappa shape index (κ3) is 5.49. The summed E-state index contributed by atoms with van der Waals surface area (Å²) in [7, 11) is 0. The van der Waals surface area contributed by atoms with Crippen LogP contribution in [0.25, 0.3) is 0 Å². The smallest absolute Gasteiger partial charge is 0.322 e. The van der Waals surface area contributed by atoms with Gasteiger partial charge in [-0.05, 0) is 54.8 Å². The molecule has 0 radical (unpaired) electrons. The summed E-state index contributed by atoms with van der Waals surface area (Å²) in [6.45, 7) is 1.03. The lowest BCUT2D eigenvalue weighted by Crippen LogP contribution is -2.43. The number of amides is 2. The van der Waals surface area contributed by atoms with Crippen molar-refractivity contribution in [1.29, 1.82) is 0 Å². The lowest BCUT2D eigenvalue weighted by molar-refractivity contribution is 0.161. The van der Waals surface area contributed by atoms with Crippen LogP contribution in [0, 0.1) is 11.6 Å². The summed E-state index contributed by atoms with van der Waals surface area (Å²) in [5.74, 6) is -1.46. The molecule has 1 aliphatic carbocycles. The first-order valence-electron chi connectivity index (χ1n) is 10.9. The van der Waals surface area contributed by atoms with Gasteiger partial charge in [0.2, 0.25) is 0 Å². The predicted molar refractivity (Wildman–Crippen MR) is 123 cm³/mol. The lowest BCUT2D eigenvalue weighted by atomic mass is 9.94. The molecule has 2 aromatic carbocycles. The Bertz CT molecular complexity index is 1080. The highest BCUT2D eigenvalue weighted by molar-refractivity contribution is 6.30. The zero-order valence-corrected chi connectivity index (χ0v) is 18.5. The molecule has 0 spiro atoms. The van der Waals surface area contributed by atoms with E-state index in [-0.39, 0.29) is 17.8 Å². The number of carbonyl (C=O) groups is 1. The van der Waals surface area contributed by atoms with E-state index in [0.29, 0.717) is 18.1 Å². The van der Waals surface area contributed by atoms with Crippen molar-refractivity contribution >= 4 is 23.3 Å². The summed E-state index contributed by atoms with van der Waals surface area (Å²) in [5.41, 5.74) is 2.02. The van der Waals surface area contributed by atoms with E-state index in [1.807, 2.05) is 42.6 Å². The number of hydrogen-bond acceptors (Lipinski definition) is 1. The Morgan fingerprint density at radius 1 is 1.06 bits per heavy atom. The zero-order valence-electron chi connectivity index (χ0n) is 17.7. The first kappa shape index (κ1) is 22.3. The van der Waals surface area contributed by atoms with Crippen molar-refractivity contribution in [3.05, 3.63) is 88.7 Å². The maximum Gasteiger partial charge on any atom is 0.322 e. The average Bonchev–Trinajstić information content (AvgIpc) is 3.21. The largest absolute Gasteiger partial charge is 0.345 e. The van der Waals surface area contributed by atoms with E-state index in [4.69, 9.17) is 11.6 Å². The summed E-state index contributed by atoms with van der Waals surface area (Å²) >= 11 is 6.13. The van der Waals surface area contributed by atoms with Gasteiger partial charge in [0.25, 0.3) is 0 Å². The molecule has 4 rings (SSSR count). The molecule has 0 bridgehead atoms. The van der Waals surface area contributed by atoms with E-state index in [1.165, 1.54) is 6.07 Å². The van der Waals surface area contributed by atoms with Crippen LogP contribution in [0.3, 0.4) is 0 Å². The van der Waals surface area contributed by atoms with Crippen molar-refractivity contribution in [2.45, 2.75) is 51.2 Å². The van der Waals surface area contributed by atoms with Crippen LogP contribution in [-0.2, 0) is 13.1 Å². The number of urea groups is 1. The normalized spacial score (nSPS) is 14.3. The molecule has 0 saturated heterocycles. The Labute approximate surface area is 191 Å². The van der Waals surface area contributed by atoms with Gasteiger partial charge in [-0.25, -0.2) is 13.6 Å². The van der Waals surface area contributed by atoms with Gasteiger partial charge in [-0.3, -0.25) is 0 Å². The van der Waals surface area contributed by atoms with E-state index in [2.05, 4.69) is 9.88 Å². The van der Waals surface area contributed by atoms with E-state index in [9.17, 15) is 13.6 Å². The maximum absolute atomic E-state index is 14.1. The van der Waals surface area contributed by atoms with Gasteiger partial charge < -0.3 is 14.8 Å². The van der Waals surface area contributed by atoms with Gasteiger partial charge >= 0.3 is 6.03 Å². The van der Waals surface area contributed by atoms with Crippen molar-refractivity contribution in [2.75, 3.05) is 5.32 Å². The second kappa shape index (κ2) is 10.2. The molecule has 0 atom stereocenters. The van der Waals surface area contributed by atoms with Gasteiger partial charge in [0.1, 0.15) is 11.6 Å². The molecule has 0 unspecified atom stereocenters. The molecule has 32 heavy (non-hydrogen) atoms. The SMILES string of the molecule is O=C(Nc1ccc(F)cc1F)N(Cc1cccn1Cc1cccc(Cl)c1)C1CCCCC1. The molecular weight excluding hydrogens is 432 g/mol. The molecule has 0 aliphatic heterocycles. The molecule has 1 N–H and O–H groups in total. The minimum Gasteiger partial charge on any atom is -0.345 e. The molecule has 4 nitrogen and oxygen atoms in total. The molecule has 1 aliphatic rings. The van der Waals surface area contributed by atoms with Crippen LogP contribution in [0.15, 0.2) is 60.8 Å². The molecular formula is C25H26ClF2N3O. The predicted octanol–water partition coefficient (Wildman–Crippen LogP) is 6.83. The quantitative estimate of drug-likeness (QED) is 0.432. The maximum atomic E-state index is 14.1. The number of nitrogens with zero attached hydrogens (tertiary/aromatic N) is 2. The van der Waals surface area contributed by atoms with Gasteiger partial charge in [-0.15, -0.1) is 0 Å². The highest BCUT2D eigenvalue weighted by atomic mass is 35.5. The van der Waals surface area contributed by atoms with E-state index in [0.717, 1.165) is 55.5 Å². The lowest BCUT2D eigenvalue weighted by Gasteiger charge is -2.34. The number of carbonyl (C=O) groups excluding carboxylic acids is 1. The van der Waals surface area contributed by atoms with Gasteiger partial charge in [-0.1, -0.05) is 43.0 Å². The van der Waals surface area contributed by atoms with E-state index in [1.54, 1.807) is 4.90 Å². The van der Waals surface area contributed by atoms with Gasteiger partial charge in [0.15, 0.2) is 0 Å². The van der Waals surface area contributed by atoms with Crippen molar-refractivity contribution in [2.24, 2.45) is 0 Å². The van der Waals surface area contributed by atoms with E-state index >= 15 is 0 Å². The molecule has 168 valence electrons. The Balaban J connectivity index is 1.55. The standard InChI is InChI=1S/C25H26ClF2N3O/c26-19-7-4-6-18(14-19)16-30-13-5-10-22(30)17-31(21-8-2-1-3-9-21)25(32)29-24-12-11-20(27)15-23(24)28/h4-7,10-15,21H,1-3,8-9,16-17H2,(H,29,32). The van der Waals surface area contributed by atoms with Crippen LogP contribution in [0.2, 0.25) is 5.02 Å². The number of rotatable bonds is 6. The summed E-state index contributed by atoms with van der Waals surface area (Å²) in [6.07, 6.45) is 7.07. The molecule has 1 aromatic heterocycles. The molecule has 3 aromatic rings. The first-order chi connectivity index (χ1) is 15.5. The molecule has 1 saturated carbocycles. The summed E-state index contributed by atoms with van der Waals surface area (Å²) in [6, 6.07) is 14.5. The van der Waals surface area contributed by atoms with Gasteiger partial charge in [0.05, 0.1) is 12.2 Å². The van der Waals surface area contributed by atoms with Crippen molar-refractivity contribution in [3.63, 3.8) is 0 Å². The molecule has 2 amide bonds. The first-order valence-corrected chi connectivity index (χ1v) is 11.3. The Morgan fingerprint density at radius 3 is 2.62 bits per heavy atom. The summed E-state index contributed by atoms with van der Waals surface area (Å²) in [4.78, 5) is 15.0. The number of nitrogens with one attached hydrogen (secondary N) is 1. The Hall–Kier alpha value is -2.86. The third-order valence-electron chi connectivity index (χ3n) is 5.95. The fourth-order valence-electron chi connectivity index (χ4n) is 4.29. The van der Waals surface area contributed by atoms with Crippen LogP contribution < -0.4 is 5.32 Å². The van der Waals surface area contributed by atoms with Crippen LogP contribution in [-0.4, -0.2) is 21.5 Å². The molecule has 1 fully saturated rings. The third-order valence-corrected chi connectivity index (χ3v) is 6.18. The van der Waals surface area contributed by atoms with Crippen molar-refractivity contribution < 1.29 is 13.6 Å². The summed E-state index contributed by atoms with van der Waals surface area (Å²) < 4.78 is 29.5. The number of aromatic nitrogens is 1. The number of halogens is 3. The second-order valence-electron chi connectivity index (χ2n) is 8.23. The van der Waals surface area contributed by atoms with Crippen LogP contribution in [0.5, 0.6) is 0 Å². The Kier molecular flexibility index (Phi) is 7.10. The molecule has 7 heteroatoms. The molecule has 1 heterocycles. The van der Waals surface area contributed by atoms with Crippen molar-refractivity contribution in [3.8, 4) is 0 Å². The van der Waals surface area contributed by atoms with Crippen LogP contribution in [0.1, 0.15) is 43.4 Å². The van der Waals surface area contributed by atoms with E-state index < -0.39 is 11.6 Å². The summed E-state index contributed by atoms with van der Waals surface area (Å²) in [5, 5.41) is 3.32. The average molecular weight is 458 g/mol. The Morgan fingerprint density at radius 2 is 1.88 bits per heavy atom. The monoisotopic (exact) mass is 457 g/mol. The minimum atomic E-state index is -0.786. The zero-order chi connectivity index (χ0) is 22.5. The highest BCUT2D eigenvalue weighted by Gasteiger charge is 2.27.